The molecule has 0 bridgehead atoms. The Bertz CT molecular complexity index is 5080. The van der Waals surface area contributed by atoms with Gasteiger partial charge in [-0.15, -0.1) is 0 Å². The highest BCUT2D eigenvalue weighted by molar-refractivity contribution is 5.91. The summed E-state index contributed by atoms with van der Waals surface area (Å²) in [5.74, 6) is 0. The predicted octanol–water partition coefficient (Wildman–Crippen LogP) is 25.9. The van der Waals surface area contributed by atoms with E-state index in [-0.39, 0.29) is 32.5 Å². The molecule has 540 valence electrons. The van der Waals surface area contributed by atoms with Gasteiger partial charge in [-0.3, -0.25) is 15.0 Å². The van der Waals surface area contributed by atoms with Crippen LogP contribution in [0, 0.1) is 0 Å². The fraction of sp³-hybridized carbons (Fsp3) is 0.242. The second-order valence-corrected chi connectivity index (χ2v) is 34.4. The molecule has 0 saturated carbocycles. The van der Waals surface area contributed by atoms with Gasteiger partial charge in [0.2, 0.25) is 0 Å². The molecule has 108 heavy (non-hydrogen) atoms. The van der Waals surface area contributed by atoms with Gasteiger partial charge in [-0.25, -0.2) is 29.9 Å². The van der Waals surface area contributed by atoms with Crippen LogP contribution in [0.3, 0.4) is 0 Å². The molecule has 9 heteroatoms. The highest BCUT2D eigenvalue weighted by Crippen LogP contribution is 2.43. The van der Waals surface area contributed by atoms with Crippen LogP contribution in [0.5, 0.6) is 0 Å². The first-order valence-corrected chi connectivity index (χ1v) is 37.6. The smallest absolute Gasteiger partial charge is 0.0973 e. The fourth-order valence-corrected chi connectivity index (χ4v) is 14.1. The van der Waals surface area contributed by atoms with E-state index in [0.717, 1.165) is 134 Å². The first kappa shape index (κ1) is 74.7. The SMILES string of the molecule is CC(C)(C)c1cc2nc(-c3ccccc3)c(-c3ccc(-c4ccccn4)cc3)nc2cc1C(C)(C)C.CC(C)(C)c1cc2nc(-c3ccccc3)c(-c3ccc(-c4cccnc4)cc3)nc2cc1C(C)(C)C.CC(C)(C)c1cc2nc(-c3ccccc3)c(-c3ccc(-c4ccncc4)cc3)nc2cc1C(C)(C)C. The van der Waals surface area contributed by atoms with E-state index in [1.165, 1.54) is 33.4 Å². The molecule has 0 saturated heterocycles. The Labute approximate surface area is 639 Å². The summed E-state index contributed by atoms with van der Waals surface area (Å²) in [6.07, 6.45) is 9.16. The Balaban J connectivity index is 0.000000143. The summed E-state index contributed by atoms with van der Waals surface area (Å²) < 4.78 is 0. The Kier molecular flexibility index (Phi) is 20.8. The number of pyridine rings is 3. The van der Waals surface area contributed by atoms with Gasteiger partial charge >= 0.3 is 0 Å². The Morgan fingerprint density at radius 3 is 0.685 bits per heavy atom. The van der Waals surface area contributed by atoms with Crippen molar-refractivity contribution in [3.8, 4) is 101 Å². The summed E-state index contributed by atoms with van der Waals surface area (Å²) in [5, 5.41) is 0. The van der Waals surface area contributed by atoms with E-state index in [9.17, 15) is 0 Å². The van der Waals surface area contributed by atoms with E-state index in [2.05, 4.69) is 328 Å². The Morgan fingerprint density at radius 1 is 0.185 bits per heavy atom. The molecule has 0 N–H and O–H groups in total. The molecule has 6 aromatic heterocycles. The maximum absolute atomic E-state index is 5.25. The molecule has 15 aromatic rings. The zero-order chi connectivity index (χ0) is 76.5. The molecule has 0 fully saturated rings. The number of fused-ring (bicyclic) bond motifs is 3. The van der Waals surface area contributed by atoms with Crippen molar-refractivity contribution in [1.29, 1.82) is 0 Å². The molecule has 0 aliphatic carbocycles. The number of rotatable bonds is 9. The average Bonchev–Trinajstić information content (AvgIpc) is 0.758. The summed E-state index contributed by atoms with van der Waals surface area (Å²) >= 11 is 0. The first-order valence-electron chi connectivity index (χ1n) is 37.6. The van der Waals surface area contributed by atoms with Gasteiger partial charge in [-0.05, 0) is 155 Å². The summed E-state index contributed by atoms with van der Waals surface area (Å²) in [5.41, 5.74) is 31.9. The van der Waals surface area contributed by atoms with Crippen LogP contribution in [-0.4, -0.2) is 44.9 Å². The third-order valence-corrected chi connectivity index (χ3v) is 19.8. The molecule has 9 aromatic carbocycles. The lowest BCUT2D eigenvalue weighted by Crippen LogP contribution is -2.22. The summed E-state index contributed by atoms with van der Waals surface area (Å²) in [6.45, 7) is 40.9. The van der Waals surface area contributed by atoms with E-state index in [4.69, 9.17) is 29.9 Å². The Morgan fingerprint density at radius 2 is 0.426 bits per heavy atom. The maximum atomic E-state index is 5.25. The fourth-order valence-electron chi connectivity index (χ4n) is 14.1. The van der Waals surface area contributed by atoms with Crippen molar-refractivity contribution in [2.24, 2.45) is 0 Å². The predicted molar refractivity (Wildman–Crippen MR) is 453 cm³/mol. The minimum absolute atomic E-state index is 0.00107. The third kappa shape index (κ3) is 16.7. The van der Waals surface area contributed by atoms with Crippen LogP contribution in [0.2, 0.25) is 0 Å². The van der Waals surface area contributed by atoms with Gasteiger partial charge in [-0.1, -0.05) is 301 Å². The van der Waals surface area contributed by atoms with Crippen LogP contribution >= 0.6 is 0 Å². The number of aromatic nitrogens is 9. The van der Waals surface area contributed by atoms with Gasteiger partial charge in [0.25, 0.3) is 0 Å². The lowest BCUT2D eigenvalue weighted by atomic mass is 9.75. The van der Waals surface area contributed by atoms with Crippen molar-refractivity contribution in [3.05, 3.63) is 307 Å². The number of benzene rings is 9. The van der Waals surface area contributed by atoms with Crippen molar-refractivity contribution in [2.45, 2.75) is 157 Å². The standard InChI is InChI=1S/3C33H33N3/c1-32(2,3)25-20-28-29(21-26(25)33(4,5)6)36-31(30(35-28)23-12-8-7-9-13-23)24-17-15-22(16-18-24)27-14-10-11-19-34-27;1-32(2,3)26-19-28-29(20-27(26)33(4,5)6)36-31(30(35-28)23-11-8-7-9-12-23)24-16-14-22(15-17-24)25-13-10-18-34-21-25;1-32(2,3)26-20-28-29(21-27(26)33(4,5)6)36-31(30(35-28)24-10-8-7-9-11-24)25-14-12-22(13-15-25)23-16-18-34-19-17-23/h3*7-21H,1-6H3. The number of hydrogen-bond acceptors (Lipinski definition) is 9. The summed E-state index contributed by atoms with van der Waals surface area (Å²) in [6, 6.07) is 84.3. The molecule has 0 atom stereocenters. The lowest BCUT2D eigenvalue weighted by Gasteiger charge is -2.30. The molecule has 0 amide bonds. The quantitative estimate of drug-likeness (QED) is 0.139. The van der Waals surface area contributed by atoms with Gasteiger partial charge in [-0.2, -0.15) is 0 Å². The molecular weight excluding hydrogens is 1320 g/mol. The van der Waals surface area contributed by atoms with Crippen molar-refractivity contribution < 1.29 is 0 Å². The second-order valence-electron chi connectivity index (χ2n) is 34.4. The molecule has 0 aliphatic heterocycles. The van der Waals surface area contributed by atoms with E-state index in [1.807, 2.05) is 79.4 Å². The van der Waals surface area contributed by atoms with Crippen molar-refractivity contribution in [1.82, 2.24) is 44.9 Å². The minimum Gasteiger partial charge on any atom is -0.265 e. The summed E-state index contributed by atoms with van der Waals surface area (Å²) in [7, 11) is 0. The second kappa shape index (κ2) is 30.0. The van der Waals surface area contributed by atoms with Crippen LogP contribution in [0.4, 0.5) is 0 Å². The molecule has 6 heterocycles. The molecular formula is C99H99N9. The van der Waals surface area contributed by atoms with Gasteiger partial charge in [0.1, 0.15) is 0 Å². The van der Waals surface area contributed by atoms with E-state index >= 15 is 0 Å². The normalized spacial score (nSPS) is 12.2. The monoisotopic (exact) mass is 1410 g/mol. The van der Waals surface area contributed by atoms with Crippen molar-refractivity contribution in [3.63, 3.8) is 0 Å². The first-order chi connectivity index (χ1) is 51.3. The molecule has 15 rings (SSSR count). The van der Waals surface area contributed by atoms with Gasteiger partial charge in [0, 0.05) is 69.9 Å². The molecule has 0 unspecified atom stereocenters. The van der Waals surface area contributed by atoms with Crippen LogP contribution in [-0.2, 0) is 32.5 Å². The average molecular weight is 1410 g/mol. The number of hydrogen-bond donors (Lipinski definition) is 0. The van der Waals surface area contributed by atoms with E-state index in [0.29, 0.717) is 0 Å². The molecule has 9 nitrogen and oxygen atoms in total. The largest absolute Gasteiger partial charge is 0.265 e. The topological polar surface area (TPSA) is 116 Å². The lowest BCUT2D eigenvalue weighted by molar-refractivity contribution is 0.531. The van der Waals surface area contributed by atoms with Crippen molar-refractivity contribution in [2.75, 3.05) is 0 Å². The van der Waals surface area contributed by atoms with Gasteiger partial charge in [0.15, 0.2) is 0 Å². The highest BCUT2D eigenvalue weighted by atomic mass is 14.9. The van der Waals surface area contributed by atoms with Crippen LogP contribution < -0.4 is 0 Å². The molecule has 0 aliphatic rings. The van der Waals surface area contributed by atoms with E-state index < -0.39 is 0 Å². The molecule has 0 radical (unpaired) electrons. The van der Waals surface area contributed by atoms with Gasteiger partial charge < -0.3 is 0 Å². The minimum atomic E-state index is 0.00107. The van der Waals surface area contributed by atoms with Crippen LogP contribution in [0.1, 0.15) is 158 Å². The maximum Gasteiger partial charge on any atom is 0.0973 e. The Hall–Kier alpha value is -11.6. The zero-order valence-electron chi connectivity index (χ0n) is 66.0. The van der Waals surface area contributed by atoms with Crippen molar-refractivity contribution >= 4 is 33.1 Å². The zero-order valence-corrected chi connectivity index (χ0v) is 66.0. The highest BCUT2D eigenvalue weighted by Gasteiger charge is 2.31. The third-order valence-electron chi connectivity index (χ3n) is 19.8. The van der Waals surface area contributed by atoms with E-state index in [1.54, 1.807) is 6.20 Å². The van der Waals surface area contributed by atoms with Crippen LogP contribution in [0.25, 0.3) is 134 Å². The molecule has 0 spiro atoms. The number of nitrogens with zero attached hydrogens (tertiary/aromatic N) is 9. The summed E-state index contributed by atoms with van der Waals surface area (Å²) in [4.78, 5) is 44.3. The van der Waals surface area contributed by atoms with Gasteiger partial charge in [0.05, 0.1) is 73.0 Å². The van der Waals surface area contributed by atoms with Crippen LogP contribution in [0.15, 0.2) is 274 Å².